The Kier molecular flexibility index (Phi) is 4.32. The molecule has 1 N–H and O–H groups in total. The molecule has 0 unspecified atom stereocenters. The highest BCUT2D eigenvalue weighted by atomic mass is 16.2. The summed E-state index contributed by atoms with van der Waals surface area (Å²) >= 11 is 0. The van der Waals surface area contributed by atoms with Crippen LogP contribution in [-0.4, -0.2) is 29.9 Å². The van der Waals surface area contributed by atoms with E-state index in [0.29, 0.717) is 0 Å². The van der Waals surface area contributed by atoms with Gasteiger partial charge in [0.2, 0.25) is 5.91 Å². The molecule has 0 atom stereocenters. The summed E-state index contributed by atoms with van der Waals surface area (Å²) in [6, 6.07) is 13.1. The summed E-state index contributed by atoms with van der Waals surface area (Å²) in [5.74, 6) is -0.0169. The zero-order valence-corrected chi connectivity index (χ0v) is 15.3. The Morgan fingerprint density at radius 1 is 1.15 bits per heavy atom. The third kappa shape index (κ3) is 2.72. The number of hydrogen-bond acceptors (Lipinski definition) is 3. The number of nitrogens with zero attached hydrogens (tertiary/aromatic N) is 2. The number of amides is 1. The number of nitrogens with one attached hydrogen (secondary N) is 1. The number of carbonyl (C=O) groups excluding carboxylic acids is 1. The van der Waals surface area contributed by atoms with E-state index in [9.17, 15) is 10.1 Å². The lowest BCUT2D eigenvalue weighted by Crippen LogP contribution is -2.51. The Hall–Kier alpha value is -2.54. The first kappa shape index (κ1) is 16.9. The summed E-state index contributed by atoms with van der Waals surface area (Å²) in [5, 5.41) is 15.6. The van der Waals surface area contributed by atoms with Crippen LogP contribution in [0.15, 0.2) is 30.3 Å². The first-order valence-corrected chi connectivity index (χ1v) is 9.60. The molecule has 2 aromatic carbocycles. The van der Waals surface area contributed by atoms with Crippen LogP contribution in [-0.2, 0) is 17.6 Å². The van der Waals surface area contributed by atoms with Crippen molar-refractivity contribution in [3.05, 3.63) is 41.5 Å². The van der Waals surface area contributed by atoms with Crippen LogP contribution in [0.2, 0.25) is 0 Å². The van der Waals surface area contributed by atoms with Crippen molar-refractivity contribution in [3.63, 3.8) is 0 Å². The summed E-state index contributed by atoms with van der Waals surface area (Å²) in [6.07, 6.45) is 6.97. The van der Waals surface area contributed by atoms with Crippen molar-refractivity contribution in [1.29, 1.82) is 5.26 Å². The van der Waals surface area contributed by atoms with Gasteiger partial charge in [0.25, 0.3) is 0 Å². The molecule has 0 saturated heterocycles. The van der Waals surface area contributed by atoms with E-state index in [1.54, 1.807) is 11.9 Å². The fourth-order valence-corrected chi connectivity index (χ4v) is 4.59. The van der Waals surface area contributed by atoms with Crippen LogP contribution in [0.4, 0.5) is 5.69 Å². The molecule has 4 heteroatoms. The zero-order valence-electron chi connectivity index (χ0n) is 15.3. The molecular weight excluding hydrogens is 322 g/mol. The number of carbonyl (C=O) groups is 1. The molecular formula is C22H25N3O. The van der Waals surface area contributed by atoms with E-state index in [-0.39, 0.29) is 12.5 Å². The number of anilines is 1. The normalized spacial score (nSPS) is 17.7. The van der Waals surface area contributed by atoms with Crippen LogP contribution in [0.1, 0.15) is 43.2 Å². The van der Waals surface area contributed by atoms with E-state index >= 15 is 0 Å². The third-order valence-electron chi connectivity index (χ3n) is 6.21. The molecule has 4 nitrogen and oxygen atoms in total. The Morgan fingerprint density at radius 3 is 2.62 bits per heavy atom. The molecule has 1 saturated carbocycles. The zero-order chi connectivity index (χ0) is 18.1. The molecule has 1 fully saturated rings. The molecule has 0 bridgehead atoms. The predicted octanol–water partition coefficient (Wildman–Crippen LogP) is 4.04. The van der Waals surface area contributed by atoms with Gasteiger partial charge >= 0.3 is 0 Å². The minimum atomic E-state index is -0.626. The van der Waals surface area contributed by atoms with Crippen LogP contribution in [0.5, 0.6) is 0 Å². The van der Waals surface area contributed by atoms with Gasteiger partial charge in [-0.05, 0) is 48.3 Å². The topological polar surface area (TPSA) is 56.1 Å². The third-order valence-corrected chi connectivity index (χ3v) is 6.21. The lowest BCUT2D eigenvalue weighted by atomic mass is 9.81. The Balaban J connectivity index is 1.52. The second-order valence-electron chi connectivity index (χ2n) is 7.62. The van der Waals surface area contributed by atoms with Crippen LogP contribution in [0.25, 0.3) is 10.8 Å². The van der Waals surface area contributed by atoms with Crippen molar-refractivity contribution in [3.8, 4) is 6.07 Å². The highest BCUT2D eigenvalue weighted by molar-refractivity contribution is 6.00. The summed E-state index contributed by atoms with van der Waals surface area (Å²) in [7, 11) is 1.78. The molecule has 4 rings (SSSR count). The summed E-state index contributed by atoms with van der Waals surface area (Å²) < 4.78 is 0. The average molecular weight is 347 g/mol. The second-order valence-corrected chi connectivity index (χ2v) is 7.62. The number of benzene rings is 2. The summed E-state index contributed by atoms with van der Waals surface area (Å²) in [6.45, 7) is 0.221. The number of nitriles is 1. The average Bonchev–Trinajstić information content (AvgIpc) is 3.12. The number of rotatable bonds is 4. The van der Waals surface area contributed by atoms with Crippen LogP contribution < -0.4 is 5.32 Å². The Bertz CT molecular complexity index is 880. The van der Waals surface area contributed by atoms with Gasteiger partial charge in [0, 0.05) is 18.1 Å². The highest BCUT2D eigenvalue weighted by Gasteiger charge is 2.38. The fraction of sp³-hybridized carbons (Fsp3) is 0.455. The predicted molar refractivity (Wildman–Crippen MR) is 104 cm³/mol. The molecule has 2 aliphatic carbocycles. The van der Waals surface area contributed by atoms with Gasteiger partial charge in [-0.3, -0.25) is 4.79 Å². The summed E-state index contributed by atoms with van der Waals surface area (Å²) in [5.41, 5.74) is 3.17. The molecule has 134 valence electrons. The van der Waals surface area contributed by atoms with Crippen LogP contribution in [0, 0.1) is 11.3 Å². The van der Waals surface area contributed by atoms with Gasteiger partial charge in [0.15, 0.2) is 0 Å². The van der Waals surface area contributed by atoms with Gasteiger partial charge in [0.05, 0.1) is 12.6 Å². The van der Waals surface area contributed by atoms with Gasteiger partial charge in [0.1, 0.15) is 5.54 Å². The van der Waals surface area contributed by atoms with Crippen molar-refractivity contribution in [2.45, 2.75) is 50.5 Å². The smallest absolute Gasteiger partial charge is 0.242 e. The quantitative estimate of drug-likeness (QED) is 0.908. The lowest BCUT2D eigenvalue weighted by molar-refractivity contribution is -0.132. The molecule has 0 radical (unpaired) electrons. The standard InChI is InChI=1S/C22H25N3O/c1-25(22(15-23)12-3-2-4-13-22)20(26)14-24-19-11-10-17-9-8-16-6-5-7-18(19)21(16)17/h5-7,10-11,24H,2-4,8-9,12-14H2,1H3. The molecule has 0 aromatic heterocycles. The maximum Gasteiger partial charge on any atom is 0.242 e. The monoisotopic (exact) mass is 347 g/mol. The number of likely N-dealkylation sites (N-methyl/N-ethyl adjacent to an activating group) is 1. The van der Waals surface area contributed by atoms with Crippen molar-refractivity contribution in [2.24, 2.45) is 0 Å². The molecule has 2 aliphatic rings. The molecule has 1 amide bonds. The first-order chi connectivity index (χ1) is 12.6. The summed E-state index contributed by atoms with van der Waals surface area (Å²) in [4.78, 5) is 14.5. The Labute approximate surface area is 154 Å². The van der Waals surface area contributed by atoms with Crippen LogP contribution >= 0.6 is 0 Å². The lowest BCUT2D eigenvalue weighted by Gasteiger charge is -2.39. The largest absolute Gasteiger partial charge is 0.376 e. The minimum Gasteiger partial charge on any atom is -0.376 e. The van der Waals surface area contributed by atoms with E-state index in [4.69, 9.17) is 0 Å². The van der Waals surface area contributed by atoms with Crippen molar-refractivity contribution in [1.82, 2.24) is 4.90 Å². The molecule has 0 spiro atoms. The van der Waals surface area contributed by atoms with E-state index in [0.717, 1.165) is 50.6 Å². The molecule has 0 heterocycles. The van der Waals surface area contributed by atoms with Crippen molar-refractivity contribution >= 4 is 22.4 Å². The number of aryl methyl sites for hydroxylation is 2. The maximum atomic E-state index is 12.8. The van der Waals surface area contributed by atoms with Gasteiger partial charge in [-0.25, -0.2) is 0 Å². The fourth-order valence-electron chi connectivity index (χ4n) is 4.59. The van der Waals surface area contributed by atoms with Crippen molar-refractivity contribution < 1.29 is 4.79 Å². The van der Waals surface area contributed by atoms with E-state index < -0.39 is 5.54 Å². The van der Waals surface area contributed by atoms with Gasteiger partial charge in [-0.2, -0.15) is 5.26 Å². The molecule has 2 aromatic rings. The highest BCUT2D eigenvalue weighted by Crippen LogP contribution is 2.35. The minimum absolute atomic E-state index is 0.0169. The van der Waals surface area contributed by atoms with E-state index in [1.807, 2.05) is 0 Å². The maximum absolute atomic E-state index is 12.8. The molecule has 0 aliphatic heterocycles. The van der Waals surface area contributed by atoms with Gasteiger partial charge in [-0.15, -0.1) is 0 Å². The number of hydrogen-bond donors (Lipinski definition) is 1. The van der Waals surface area contributed by atoms with Crippen LogP contribution in [0.3, 0.4) is 0 Å². The SMILES string of the molecule is CN(C(=O)CNc1ccc2c3c(cccc13)CC2)C1(C#N)CCCCC1. The van der Waals surface area contributed by atoms with Gasteiger partial charge in [-0.1, -0.05) is 43.5 Å². The van der Waals surface area contributed by atoms with Gasteiger partial charge < -0.3 is 10.2 Å². The molecule has 26 heavy (non-hydrogen) atoms. The first-order valence-electron chi connectivity index (χ1n) is 9.60. The van der Waals surface area contributed by atoms with E-state index in [1.165, 1.54) is 21.9 Å². The van der Waals surface area contributed by atoms with Crippen molar-refractivity contribution in [2.75, 3.05) is 18.9 Å². The Morgan fingerprint density at radius 2 is 1.88 bits per heavy atom. The second kappa shape index (κ2) is 6.64. The van der Waals surface area contributed by atoms with E-state index in [2.05, 4.69) is 41.7 Å².